The molecule has 2 aromatic heterocycles. The van der Waals surface area contributed by atoms with Gasteiger partial charge in [0.1, 0.15) is 22.6 Å². The Labute approximate surface area is 206 Å². The Hall–Kier alpha value is -3.50. The van der Waals surface area contributed by atoms with Crippen LogP contribution in [-0.4, -0.2) is 48.6 Å². The maximum absolute atomic E-state index is 13.3. The highest BCUT2D eigenvalue weighted by Gasteiger charge is 2.18. The standard InChI is InChI=1S/C25H27N3O6S/c1-4-33-11-7-10-28-24(30)23-22(19-8-5-6-9-20(19)34-23)27-25(28)35-15-21(29)26-16-12-17(31-2)14-18(13-16)32-3/h5-6,8-9,12-14H,4,7,10-11,15H2,1-3H3,(H,26,29). The van der Waals surface area contributed by atoms with Crippen LogP contribution in [0.25, 0.3) is 22.1 Å². The summed E-state index contributed by atoms with van der Waals surface area (Å²) in [6.45, 7) is 3.44. The molecule has 0 spiro atoms. The minimum atomic E-state index is -0.275. The number of methoxy groups -OCH3 is 2. The maximum atomic E-state index is 13.3. The van der Waals surface area contributed by atoms with Crippen molar-refractivity contribution < 1.29 is 23.4 Å². The summed E-state index contributed by atoms with van der Waals surface area (Å²) in [5.41, 5.74) is 1.57. The van der Waals surface area contributed by atoms with Crippen LogP contribution in [0.4, 0.5) is 5.69 Å². The first-order valence-electron chi connectivity index (χ1n) is 11.2. The topological polar surface area (TPSA) is 105 Å². The number of aromatic nitrogens is 2. The monoisotopic (exact) mass is 497 g/mol. The van der Waals surface area contributed by atoms with Crippen molar-refractivity contribution >= 4 is 45.4 Å². The molecule has 10 heteroatoms. The van der Waals surface area contributed by atoms with E-state index in [2.05, 4.69) is 5.32 Å². The molecular weight excluding hydrogens is 470 g/mol. The lowest BCUT2D eigenvalue weighted by molar-refractivity contribution is -0.113. The molecule has 0 atom stereocenters. The molecule has 0 saturated heterocycles. The van der Waals surface area contributed by atoms with E-state index in [1.165, 1.54) is 11.8 Å². The fourth-order valence-electron chi connectivity index (χ4n) is 3.64. The second kappa shape index (κ2) is 11.3. The lowest BCUT2D eigenvalue weighted by atomic mass is 10.2. The molecule has 0 aliphatic rings. The van der Waals surface area contributed by atoms with Gasteiger partial charge in [-0.25, -0.2) is 4.98 Å². The Kier molecular flexibility index (Phi) is 7.94. The van der Waals surface area contributed by atoms with Crippen molar-refractivity contribution in [1.29, 1.82) is 0 Å². The summed E-state index contributed by atoms with van der Waals surface area (Å²) in [5.74, 6) is 0.931. The molecule has 0 fully saturated rings. The summed E-state index contributed by atoms with van der Waals surface area (Å²) < 4.78 is 23.3. The van der Waals surface area contributed by atoms with E-state index in [1.54, 1.807) is 43.1 Å². The summed E-state index contributed by atoms with van der Waals surface area (Å²) in [7, 11) is 3.09. The number of fused-ring (bicyclic) bond motifs is 3. The van der Waals surface area contributed by atoms with Crippen molar-refractivity contribution in [2.45, 2.75) is 25.0 Å². The molecule has 2 heterocycles. The van der Waals surface area contributed by atoms with Crippen molar-refractivity contribution in [1.82, 2.24) is 9.55 Å². The van der Waals surface area contributed by atoms with Gasteiger partial charge in [-0.1, -0.05) is 23.9 Å². The number of rotatable bonds is 11. The quantitative estimate of drug-likeness (QED) is 0.186. The zero-order valence-corrected chi connectivity index (χ0v) is 20.6. The SMILES string of the molecule is CCOCCCn1c(SCC(=O)Nc2cc(OC)cc(OC)c2)nc2c(oc3ccccc32)c1=O. The number of hydrogen-bond donors (Lipinski definition) is 1. The Morgan fingerprint density at radius 2 is 1.89 bits per heavy atom. The maximum Gasteiger partial charge on any atom is 0.297 e. The van der Waals surface area contributed by atoms with Crippen molar-refractivity contribution in [3.8, 4) is 11.5 Å². The molecule has 0 saturated carbocycles. The number of nitrogens with zero attached hydrogens (tertiary/aromatic N) is 2. The molecule has 4 aromatic rings. The second-order valence-corrected chi connectivity index (χ2v) is 8.56. The molecule has 1 amide bonds. The Morgan fingerprint density at radius 1 is 1.14 bits per heavy atom. The van der Waals surface area contributed by atoms with Gasteiger partial charge in [0.2, 0.25) is 11.5 Å². The Bertz CT molecular complexity index is 1380. The van der Waals surface area contributed by atoms with Crippen molar-refractivity contribution in [2.75, 3.05) is 38.5 Å². The molecule has 184 valence electrons. The van der Waals surface area contributed by atoms with Gasteiger partial charge in [-0.2, -0.15) is 0 Å². The van der Waals surface area contributed by atoms with Crippen LogP contribution in [0, 0.1) is 0 Å². The fraction of sp³-hybridized carbons (Fsp3) is 0.320. The molecule has 35 heavy (non-hydrogen) atoms. The minimum absolute atomic E-state index is 0.0543. The molecule has 4 rings (SSSR count). The third kappa shape index (κ3) is 5.60. The van der Waals surface area contributed by atoms with Gasteiger partial charge in [-0.15, -0.1) is 0 Å². The third-order valence-corrected chi connectivity index (χ3v) is 6.27. The molecule has 1 N–H and O–H groups in total. The van der Waals surface area contributed by atoms with E-state index >= 15 is 0 Å². The number of furan rings is 1. The number of carbonyl (C=O) groups is 1. The average Bonchev–Trinajstić information content (AvgIpc) is 3.25. The predicted octanol–water partition coefficient (Wildman–Crippen LogP) is 4.32. The van der Waals surface area contributed by atoms with Gasteiger partial charge in [0.25, 0.3) is 5.56 Å². The number of carbonyl (C=O) groups excluding carboxylic acids is 1. The number of amides is 1. The molecule has 2 aromatic carbocycles. The van der Waals surface area contributed by atoms with E-state index in [0.29, 0.717) is 59.6 Å². The van der Waals surface area contributed by atoms with Crippen LogP contribution in [0.5, 0.6) is 11.5 Å². The van der Waals surface area contributed by atoms with E-state index in [4.69, 9.17) is 23.6 Å². The zero-order chi connectivity index (χ0) is 24.8. The van der Waals surface area contributed by atoms with E-state index in [1.807, 2.05) is 25.1 Å². The van der Waals surface area contributed by atoms with Crippen molar-refractivity contribution in [2.24, 2.45) is 0 Å². The van der Waals surface area contributed by atoms with Gasteiger partial charge in [-0.05, 0) is 25.5 Å². The molecule has 9 nitrogen and oxygen atoms in total. The largest absolute Gasteiger partial charge is 0.497 e. The second-order valence-electron chi connectivity index (χ2n) is 7.62. The highest BCUT2D eigenvalue weighted by Crippen LogP contribution is 2.28. The zero-order valence-electron chi connectivity index (χ0n) is 19.8. The number of benzene rings is 2. The normalized spacial score (nSPS) is 11.2. The lowest BCUT2D eigenvalue weighted by Crippen LogP contribution is -2.24. The summed E-state index contributed by atoms with van der Waals surface area (Å²) in [4.78, 5) is 30.8. The van der Waals surface area contributed by atoms with Gasteiger partial charge in [0, 0.05) is 49.0 Å². The summed E-state index contributed by atoms with van der Waals surface area (Å²) in [6, 6.07) is 12.5. The van der Waals surface area contributed by atoms with E-state index < -0.39 is 0 Å². The number of thioether (sulfide) groups is 1. The Balaban J connectivity index is 1.59. The Morgan fingerprint density at radius 3 is 2.60 bits per heavy atom. The summed E-state index contributed by atoms with van der Waals surface area (Å²) in [5, 5.41) is 4.05. The molecule has 0 unspecified atom stereocenters. The molecule has 0 radical (unpaired) electrons. The molecular formula is C25H27N3O6S. The van der Waals surface area contributed by atoms with Crippen LogP contribution >= 0.6 is 11.8 Å². The summed E-state index contributed by atoms with van der Waals surface area (Å²) >= 11 is 1.19. The van der Waals surface area contributed by atoms with Crippen LogP contribution in [0.2, 0.25) is 0 Å². The van der Waals surface area contributed by atoms with Crippen LogP contribution in [-0.2, 0) is 16.1 Å². The smallest absolute Gasteiger partial charge is 0.297 e. The number of anilines is 1. The number of para-hydroxylation sites is 1. The van der Waals surface area contributed by atoms with Crippen LogP contribution in [0.1, 0.15) is 13.3 Å². The van der Waals surface area contributed by atoms with Gasteiger partial charge in [0.15, 0.2) is 5.16 Å². The first-order chi connectivity index (χ1) is 17.0. The van der Waals surface area contributed by atoms with E-state index in [0.717, 1.165) is 5.39 Å². The van der Waals surface area contributed by atoms with Crippen molar-refractivity contribution in [3.05, 3.63) is 52.8 Å². The first-order valence-corrected chi connectivity index (χ1v) is 12.2. The highest BCUT2D eigenvalue weighted by molar-refractivity contribution is 7.99. The number of ether oxygens (including phenoxy) is 3. The molecule has 0 bridgehead atoms. The number of nitrogens with one attached hydrogen (secondary N) is 1. The van der Waals surface area contributed by atoms with Gasteiger partial charge in [-0.3, -0.25) is 14.2 Å². The fourth-order valence-corrected chi connectivity index (χ4v) is 4.45. The minimum Gasteiger partial charge on any atom is -0.497 e. The van der Waals surface area contributed by atoms with Crippen molar-refractivity contribution in [3.63, 3.8) is 0 Å². The third-order valence-electron chi connectivity index (χ3n) is 5.29. The molecule has 0 aliphatic heterocycles. The summed E-state index contributed by atoms with van der Waals surface area (Å²) in [6.07, 6.45) is 0.629. The van der Waals surface area contributed by atoms with Gasteiger partial charge < -0.3 is 23.9 Å². The first kappa shape index (κ1) is 24.6. The number of hydrogen-bond acceptors (Lipinski definition) is 8. The van der Waals surface area contributed by atoms with E-state index in [9.17, 15) is 9.59 Å². The van der Waals surface area contributed by atoms with Gasteiger partial charge >= 0.3 is 0 Å². The molecule has 0 aliphatic carbocycles. The lowest BCUT2D eigenvalue weighted by Gasteiger charge is -2.12. The van der Waals surface area contributed by atoms with Crippen LogP contribution in [0.15, 0.2) is 56.8 Å². The van der Waals surface area contributed by atoms with E-state index in [-0.39, 0.29) is 22.8 Å². The van der Waals surface area contributed by atoms with Crippen LogP contribution in [0.3, 0.4) is 0 Å². The van der Waals surface area contributed by atoms with Crippen LogP contribution < -0.4 is 20.3 Å². The highest BCUT2D eigenvalue weighted by atomic mass is 32.2. The average molecular weight is 498 g/mol. The predicted molar refractivity (Wildman–Crippen MR) is 136 cm³/mol. The van der Waals surface area contributed by atoms with Gasteiger partial charge in [0.05, 0.1) is 20.0 Å².